The van der Waals surface area contributed by atoms with Gasteiger partial charge in [-0.2, -0.15) is 0 Å². The molecule has 0 aliphatic carbocycles. The van der Waals surface area contributed by atoms with E-state index >= 15 is 0 Å². The quantitative estimate of drug-likeness (QED) is 0.767. The maximum Gasteiger partial charge on any atom is 0.158 e. The Kier molecular flexibility index (Phi) is 6.16. The molecule has 1 aromatic rings. The van der Waals surface area contributed by atoms with Crippen molar-refractivity contribution in [3.8, 4) is 0 Å². The van der Waals surface area contributed by atoms with E-state index in [9.17, 15) is 0 Å². The van der Waals surface area contributed by atoms with Crippen LogP contribution in [0.1, 0.15) is 19.7 Å². The molecule has 118 valence electrons. The molecule has 1 fully saturated rings. The van der Waals surface area contributed by atoms with Crippen LogP contribution in [0.5, 0.6) is 0 Å². The molecule has 0 saturated carbocycles. The number of nitrogens with zero attached hydrogens (tertiary/aromatic N) is 3. The summed E-state index contributed by atoms with van der Waals surface area (Å²) < 4.78 is 11.1. The molecule has 2 rings (SSSR count). The van der Waals surface area contributed by atoms with Crippen LogP contribution in [-0.4, -0.2) is 60.4 Å². The van der Waals surface area contributed by atoms with Crippen molar-refractivity contribution in [2.24, 2.45) is 0 Å². The van der Waals surface area contributed by atoms with Gasteiger partial charge in [0.2, 0.25) is 0 Å². The van der Waals surface area contributed by atoms with Crippen molar-refractivity contribution < 1.29 is 9.47 Å². The summed E-state index contributed by atoms with van der Waals surface area (Å²) in [7, 11) is 0. The standard InChI is InChI=1S/C14H25N5O2/c1-3-19-5-6-21-11(9-19)8-16-13-7-12(15)17-14(18-13)10-20-4-2/h7,11H,3-6,8-10H2,1-2H3,(H3,15,16,17,18). The zero-order chi connectivity index (χ0) is 15.1. The van der Waals surface area contributed by atoms with E-state index in [1.54, 1.807) is 6.07 Å². The fourth-order valence-corrected chi connectivity index (χ4v) is 2.28. The lowest BCUT2D eigenvalue weighted by Crippen LogP contribution is -2.45. The average Bonchev–Trinajstić information content (AvgIpc) is 2.50. The van der Waals surface area contributed by atoms with E-state index in [-0.39, 0.29) is 6.10 Å². The van der Waals surface area contributed by atoms with Crippen LogP contribution in [0.15, 0.2) is 6.07 Å². The molecule has 1 aromatic heterocycles. The maximum atomic E-state index is 5.80. The van der Waals surface area contributed by atoms with Crippen LogP contribution < -0.4 is 11.1 Å². The minimum Gasteiger partial charge on any atom is -0.384 e. The van der Waals surface area contributed by atoms with Crippen molar-refractivity contribution in [1.29, 1.82) is 0 Å². The highest BCUT2D eigenvalue weighted by Gasteiger charge is 2.19. The molecule has 1 saturated heterocycles. The number of nitrogens with one attached hydrogen (secondary N) is 1. The third-order valence-electron chi connectivity index (χ3n) is 3.41. The molecule has 21 heavy (non-hydrogen) atoms. The van der Waals surface area contributed by atoms with E-state index in [1.165, 1.54) is 0 Å². The first-order chi connectivity index (χ1) is 10.2. The number of morpholine rings is 1. The zero-order valence-electron chi connectivity index (χ0n) is 12.8. The van der Waals surface area contributed by atoms with Gasteiger partial charge >= 0.3 is 0 Å². The van der Waals surface area contributed by atoms with E-state index < -0.39 is 0 Å². The van der Waals surface area contributed by atoms with Crippen LogP contribution in [0.3, 0.4) is 0 Å². The SMILES string of the molecule is CCOCc1nc(N)cc(NCC2CN(CC)CCO2)n1. The highest BCUT2D eigenvalue weighted by molar-refractivity contribution is 5.44. The van der Waals surface area contributed by atoms with Crippen molar-refractivity contribution in [3.05, 3.63) is 11.9 Å². The van der Waals surface area contributed by atoms with Crippen LogP contribution in [0.4, 0.5) is 11.6 Å². The molecule has 0 spiro atoms. The Balaban J connectivity index is 1.88. The molecule has 1 aliphatic rings. The Morgan fingerprint density at radius 1 is 1.48 bits per heavy atom. The van der Waals surface area contributed by atoms with Gasteiger partial charge in [0.25, 0.3) is 0 Å². The van der Waals surface area contributed by atoms with E-state index in [4.69, 9.17) is 15.2 Å². The number of nitrogen functional groups attached to an aromatic ring is 1. The summed E-state index contributed by atoms with van der Waals surface area (Å²) in [5.74, 6) is 1.76. The first-order valence-electron chi connectivity index (χ1n) is 7.50. The lowest BCUT2D eigenvalue weighted by molar-refractivity contribution is -0.0192. The molecular formula is C14H25N5O2. The number of aromatic nitrogens is 2. The Bertz CT molecular complexity index is 443. The lowest BCUT2D eigenvalue weighted by atomic mass is 10.2. The van der Waals surface area contributed by atoms with Crippen molar-refractivity contribution in [1.82, 2.24) is 14.9 Å². The topological polar surface area (TPSA) is 85.5 Å². The minimum absolute atomic E-state index is 0.172. The molecule has 1 unspecified atom stereocenters. The summed E-state index contributed by atoms with van der Waals surface area (Å²) in [5, 5.41) is 3.28. The van der Waals surface area contributed by atoms with Gasteiger partial charge in [0.15, 0.2) is 5.82 Å². The van der Waals surface area contributed by atoms with Gasteiger partial charge < -0.3 is 20.5 Å². The zero-order valence-corrected chi connectivity index (χ0v) is 12.8. The van der Waals surface area contributed by atoms with E-state index in [2.05, 4.69) is 27.1 Å². The molecule has 7 heteroatoms. The molecule has 1 aliphatic heterocycles. The summed E-state index contributed by atoms with van der Waals surface area (Å²) in [5.41, 5.74) is 5.80. The largest absolute Gasteiger partial charge is 0.384 e. The van der Waals surface area contributed by atoms with Crippen LogP contribution in [0.25, 0.3) is 0 Å². The molecule has 7 nitrogen and oxygen atoms in total. The molecule has 0 aromatic carbocycles. The summed E-state index contributed by atoms with van der Waals surface area (Å²) in [6.07, 6.45) is 0.172. The van der Waals surface area contributed by atoms with Crippen LogP contribution >= 0.6 is 0 Å². The summed E-state index contributed by atoms with van der Waals surface area (Å²) in [6, 6.07) is 1.73. The van der Waals surface area contributed by atoms with Gasteiger partial charge in [-0.3, -0.25) is 4.90 Å². The third kappa shape index (κ3) is 5.11. The number of hydrogen-bond acceptors (Lipinski definition) is 7. The highest BCUT2D eigenvalue weighted by Crippen LogP contribution is 2.11. The summed E-state index contributed by atoms with van der Waals surface area (Å²) >= 11 is 0. The van der Waals surface area contributed by atoms with Gasteiger partial charge in [-0.25, -0.2) is 9.97 Å². The van der Waals surface area contributed by atoms with Gasteiger partial charge in [-0.15, -0.1) is 0 Å². The monoisotopic (exact) mass is 295 g/mol. The summed E-state index contributed by atoms with van der Waals surface area (Å²) in [6.45, 7) is 9.60. The second-order valence-electron chi connectivity index (χ2n) is 5.00. The molecule has 1 atom stereocenters. The fourth-order valence-electron chi connectivity index (χ4n) is 2.28. The minimum atomic E-state index is 0.172. The van der Waals surface area contributed by atoms with Crippen LogP contribution in [0.2, 0.25) is 0 Å². The maximum absolute atomic E-state index is 5.80. The molecule has 0 radical (unpaired) electrons. The van der Waals surface area contributed by atoms with Gasteiger partial charge in [-0.1, -0.05) is 6.92 Å². The van der Waals surface area contributed by atoms with Gasteiger partial charge in [0.05, 0.1) is 12.7 Å². The predicted octanol–water partition coefficient (Wildman–Crippen LogP) is 0.728. The van der Waals surface area contributed by atoms with E-state index in [0.717, 1.165) is 32.1 Å². The van der Waals surface area contributed by atoms with Crippen LogP contribution in [-0.2, 0) is 16.1 Å². The Labute approximate surface area is 125 Å². The molecular weight excluding hydrogens is 270 g/mol. The van der Waals surface area contributed by atoms with Crippen LogP contribution in [0, 0.1) is 0 Å². The van der Waals surface area contributed by atoms with Gasteiger partial charge in [-0.05, 0) is 13.5 Å². The Hall–Kier alpha value is -1.44. The number of anilines is 2. The third-order valence-corrected chi connectivity index (χ3v) is 3.41. The molecule has 3 N–H and O–H groups in total. The smallest absolute Gasteiger partial charge is 0.158 e. The first-order valence-corrected chi connectivity index (χ1v) is 7.50. The normalized spacial score (nSPS) is 19.6. The van der Waals surface area contributed by atoms with Crippen molar-refractivity contribution >= 4 is 11.6 Å². The molecule has 2 heterocycles. The van der Waals surface area contributed by atoms with Gasteiger partial charge in [0, 0.05) is 32.3 Å². The second kappa shape index (κ2) is 8.11. The van der Waals surface area contributed by atoms with Crippen molar-refractivity contribution in [2.75, 3.05) is 50.4 Å². The molecule has 0 bridgehead atoms. The number of nitrogens with two attached hydrogens (primary N) is 1. The Morgan fingerprint density at radius 3 is 3.10 bits per heavy atom. The van der Waals surface area contributed by atoms with Crippen molar-refractivity contribution in [3.63, 3.8) is 0 Å². The number of ether oxygens (including phenoxy) is 2. The Morgan fingerprint density at radius 2 is 2.33 bits per heavy atom. The summed E-state index contributed by atoms with van der Waals surface area (Å²) in [4.78, 5) is 10.9. The number of hydrogen-bond donors (Lipinski definition) is 2. The van der Waals surface area contributed by atoms with E-state index in [0.29, 0.717) is 31.4 Å². The lowest BCUT2D eigenvalue weighted by Gasteiger charge is -2.32. The van der Waals surface area contributed by atoms with Gasteiger partial charge in [0.1, 0.15) is 18.2 Å². The molecule has 0 amide bonds. The predicted molar refractivity (Wildman–Crippen MR) is 82.1 cm³/mol. The fraction of sp³-hybridized carbons (Fsp3) is 0.714. The highest BCUT2D eigenvalue weighted by atomic mass is 16.5. The average molecular weight is 295 g/mol. The second-order valence-corrected chi connectivity index (χ2v) is 5.00. The van der Waals surface area contributed by atoms with Crippen molar-refractivity contribution in [2.45, 2.75) is 26.6 Å². The number of rotatable bonds is 7. The first kappa shape index (κ1) is 15.9. The van der Waals surface area contributed by atoms with E-state index in [1.807, 2.05) is 6.92 Å². The number of likely N-dealkylation sites (N-methyl/N-ethyl adjacent to an activating group) is 1.